The van der Waals surface area contributed by atoms with Crippen LogP contribution in [0.5, 0.6) is 0 Å². The Morgan fingerprint density at radius 2 is 2.00 bits per heavy atom. The van der Waals surface area contributed by atoms with Gasteiger partial charge in [-0.15, -0.1) is 0 Å². The molecule has 10 heteroatoms. The molecular weight excluding hydrogens is 389 g/mol. The molecule has 0 unspecified atom stereocenters. The van der Waals surface area contributed by atoms with Crippen molar-refractivity contribution in [3.05, 3.63) is 58.7 Å². The molecule has 0 radical (unpaired) electrons. The Bertz CT molecular complexity index is 1070. The van der Waals surface area contributed by atoms with E-state index < -0.39 is 36.1 Å². The first-order valence-corrected chi connectivity index (χ1v) is 9.07. The van der Waals surface area contributed by atoms with Gasteiger partial charge in [0.15, 0.2) is 11.3 Å². The molecule has 0 bridgehead atoms. The first kappa shape index (κ1) is 18.9. The van der Waals surface area contributed by atoms with Crippen molar-refractivity contribution < 1.29 is 19.7 Å². The van der Waals surface area contributed by atoms with E-state index in [-0.39, 0.29) is 17.3 Å². The third-order valence-corrected chi connectivity index (χ3v) is 5.64. The van der Waals surface area contributed by atoms with Crippen LogP contribution in [0.25, 0.3) is 11.0 Å². The van der Waals surface area contributed by atoms with Gasteiger partial charge in [-0.05, 0) is 24.1 Å². The maximum Gasteiger partial charge on any atom is 0.186 e. The third kappa shape index (κ3) is 2.96. The Kier molecular flexibility index (Phi) is 4.84. The Labute approximate surface area is 163 Å². The largest absolute Gasteiger partial charge is 0.390 e. The van der Waals surface area contributed by atoms with Crippen molar-refractivity contribution in [3.63, 3.8) is 0 Å². The predicted molar refractivity (Wildman–Crippen MR) is 99.4 cm³/mol. The number of hydrogen-bond acceptors (Lipinski definition) is 6. The molecule has 148 valence electrons. The molecule has 0 spiro atoms. The fourth-order valence-electron chi connectivity index (χ4n) is 3.97. The summed E-state index contributed by atoms with van der Waals surface area (Å²) < 4.78 is 16.0. The van der Waals surface area contributed by atoms with Crippen molar-refractivity contribution in [2.75, 3.05) is 0 Å². The number of fused-ring (bicyclic) bond motifs is 1. The molecule has 1 aliphatic carbocycles. The number of nitrogens with two attached hydrogens (primary N) is 1. The lowest BCUT2D eigenvalue weighted by molar-refractivity contribution is -0.0264. The number of nitrogens with zero attached hydrogens (tertiary/aromatic N) is 3. The zero-order valence-electron chi connectivity index (χ0n) is 14.6. The quantitative estimate of drug-likeness (QED) is 0.325. The van der Waals surface area contributed by atoms with E-state index in [1.54, 1.807) is 24.3 Å². The molecule has 3 aromatic rings. The van der Waals surface area contributed by atoms with Crippen LogP contribution < -0.4 is 11.3 Å². The average Bonchev–Trinajstić information content (AvgIpc) is 3.19. The number of benzene rings is 1. The molecule has 28 heavy (non-hydrogen) atoms. The minimum atomic E-state index is -1.21. The van der Waals surface area contributed by atoms with Gasteiger partial charge in [0.2, 0.25) is 0 Å². The fourth-order valence-corrected chi connectivity index (χ4v) is 4.10. The molecule has 1 saturated carbocycles. The van der Waals surface area contributed by atoms with Gasteiger partial charge in [0, 0.05) is 17.1 Å². The number of aromatic amines is 1. The molecule has 0 amide bonds. The summed E-state index contributed by atoms with van der Waals surface area (Å²) in [6.45, 7) is 0. The minimum Gasteiger partial charge on any atom is -0.390 e. The second-order valence-corrected chi connectivity index (χ2v) is 7.34. The van der Waals surface area contributed by atoms with Crippen molar-refractivity contribution in [3.8, 4) is 0 Å². The molecular formula is C18H19ClFN5O3. The smallest absolute Gasteiger partial charge is 0.186 e. The SMILES string of the molecule is N/N=c1/nc[nH]c2c1c(F)cn2[C@@H]1C[C@H]([C@H](O)c2ccc(Cl)cc2)[C@@H](O)[C@H]1O. The van der Waals surface area contributed by atoms with E-state index in [0.29, 0.717) is 16.2 Å². The standard InChI is InChI=1S/C18H19ClFN5O3/c19-9-3-1-8(2-4-9)14(26)10-5-12(16(28)15(10)27)25-6-11(20)13-17(24-21)22-7-23-18(13)25/h1-4,6-7,10,12,14-16,26-28H,5,21H2,(H,22,23,24)/t10-,12-,14-,15-,16+/m1/s1. The molecule has 6 N–H and O–H groups in total. The lowest BCUT2D eigenvalue weighted by Gasteiger charge is -2.22. The number of aliphatic hydroxyl groups is 3. The maximum atomic E-state index is 14.5. The van der Waals surface area contributed by atoms with Crippen molar-refractivity contribution in [1.82, 2.24) is 14.5 Å². The van der Waals surface area contributed by atoms with Gasteiger partial charge in [-0.2, -0.15) is 5.10 Å². The van der Waals surface area contributed by atoms with Crippen LogP contribution >= 0.6 is 11.6 Å². The highest BCUT2D eigenvalue weighted by molar-refractivity contribution is 6.30. The zero-order chi connectivity index (χ0) is 20.0. The van der Waals surface area contributed by atoms with E-state index in [0.717, 1.165) is 0 Å². The number of aliphatic hydroxyl groups excluding tert-OH is 3. The summed E-state index contributed by atoms with van der Waals surface area (Å²) in [7, 11) is 0. The first-order chi connectivity index (χ1) is 13.4. The lowest BCUT2D eigenvalue weighted by atomic mass is 9.92. The second kappa shape index (κ2) is 7.17. The number of aromatic nitrogens is 3. The zero-order valence-corrected chi connectivity index (χ0v) is 15.3. The van der Waals surface area contributed by atoms with E-state index >= 15 is 0 Å². The fraction of sp³-hybridized carbons (Fsp3) is 0.333. The Balaban J connectivity index is 1.71. The molecule has 1 aromatic carbocycles. The molecule has 5 atom stereocenters. The van der Waals surface area contributed by atoms with E-state index in [4.69, 9.17) is 17.4 Å². The number of nitrogens with one attached hydrogen (secondary N) is 1. The van der Waals surface area contributed by atoms with Crippen LogP contribution in [-0.4, -0.2) is 42.1 Å². The molecule has 4 rings (SSSR count). The molecule has 8 nitrogen and oxygen atoms in total. The summed E-state index contributed by atoms with van der Waals surface area (Å²) in [5.74, 6) is 4.02. The highest BCUT2D eigenvalue weighted by Crippen LogP contribution is 2.43. The Hall–Kier alpha value is -2.46. The van der Waals surface area contributed by atoms with Gasteiger partial charge in [0.05, 0.1) is 30.0 Å². The van der Waals surface area contributed by atoms with Crippen molar-refractivity contribution >= 4 is 22.6 Å². The maximum absolute atomic E-state index is 14.5. The van der Waals surface area contributed by atoms with Gasteiger partial charge in [-0.3, -0.25) is 0 Å². The van der Waals surface area contributed by atoms with Crippen LogP contribution in [0.1, 0.15) is 24.1 Å². The van der Waals surface area contributed by atoms with Gasteiger partial charge in [0.25, 0.3) is 0 Å². The van der Waals surface area contributed by atoms with Gasteiger partial charge in [-0.25, -0.2) is 9.37 Å². The van der Waals surface area contributed by atoms with Crippen molar-refractivity contribution in [2.45, 2.75) is 30.8 Å². The summed E-state index contributed by atoms with van der Waals surface area (Å²) in [4.78, 5) is 6.72. The molecule has 2 heterocycles. The lowest BCUT2D eigenvalue weighted by Crippen LogP contribution is -2.31. The summed E-state index contributed by atoms with van der Waals surface area (Å²) in [6, 6.07) is 5.95. The van der Waals surface area contributed by atoms with Crippen molar-refractivity contribution in [2.24, 2.45) is 16.9 Å². The normalized spacial score (nSPS) is 26.8. The van der Waals surface area contributed by atoms with Gasteiger partial charge >= 0.3 is 0 Å². The topological polar surface area (TPSA) is 133 Å². The predicted octanol–water partition coefficient (Wildman–Crippen LogP) is 0.948. The molecule has 0 saturated heterocycles. The van der Waals surface area contributed by atoms with Crippen LogP contribution in [-0.2, 0) is 0 Å². The average molecular weight is 408 g/mol. The third-order valence-electron chi connectivity index (χ3n) is 5.39. The number of halogens is 2. The van der Waals surface area contributed by atoms with Crippen LogP contribution in [0.4, 0.5) is 4.39 Å². The molecule has 1 aliphatic rings. The van der Waals surface area contributed by atoms with Crippen molar-refractivity contribution in [1.29, 1.82) is 0 Å². The summed E-state index contributed by atoms with van der Waals surface area (Å²) in [6.07, 6.45) is -0.672. The van der Waals surface area contributed by atoms with Crippen LogP contribution in [0.2, 0.25) is 5.02 Å². The highest BCUT2D eigenvalue weighted by Gasteiger charge is 2.46. The minimum absolute atomic E-state index is 0.0239. The van der Waals surface area contributed by atoms with E-state index in [2.05, 4.69) is 15.1 Å². The summed E-state index contributed by atoms with van der Waals surface area (Å²) in [5, 5.41) is 36.0. The van der Waals surface area contributed by atoms with Gasteiger partial charge in [0.1, 0.15) is 11.8 Å². The first-order valence-electron chi connectivity index (χ1n) is 8.69. The second-order valence-electron chi connectivity index (χ2n) is 6.91. The monoisotopic (exact) mass is 407 g/mol. The van der Waals surface area contributed by atoms with Crippen LogP contribution in [0, 0.1) is 11.7 Å². The number of H-pyrrole nitrogens is 1. The number of hydrogen-bond donors (Lipinski definition) is 5. The van der Waals surface area contributed by atoms with Crippen LogP contribution in [0.15, 0.2) is 41.9 Å². The van der Waals surface area contributed by atoms with E-state index in [1.165, 1.54) is 17.1 Å². The van der Waals surface area contributed by atoms with Crippen LogP contribution in [0.3, 0.4) is 0 Å². The molecule has 0 aliphatic heterocycles. The van der Waals surface area contributed by atoms with Gasteiger partial charge in [-0.1, -0.05) is 23.7 Å². The summed E-state index contributed by atoms with van der Waals surface area (Å²) in [5.41, 5.74) is 0.926. The van der Waals surface area contributed by atoms with E-state index in [9.17, 15) is 19.7 Å². The Morgan fingerprint density at radius 3 is 2.68 bits per heavy atom. The number of rotatable bonds is 3. The summed E-state index contributed by atoms with van der Waals surface area (Å²) >= 11 is 5.88. The van der Waals surface area contributed by atoms with Gasteiger partial charge < -0.3 is 30.7 Å². The molecule has 1 fully saturated rings. The highest BCUT2D eigenvalue weighted by atomic mass is 35.5. The van der Waals surface area contributed by atoms with E-state index in [1.807, 2.05) is 0 Å². The Morgan fingerprint density at radius 1 is 1.29 bits per heavy atom. The molecule has 2 aromatic heterocycles.